The quantitative estimate of drug-likeness (QED) is 0.567. The molecular formula is C10H11IN2S. The van der Waals surface area contributed by atoms with Crippen LogP contribution in [0.5, 0.6) is 0 Å². The van der Waals surface area contributed by atoms with Crippen LogP contribution in [0.2, 0.25) is 0 Å². The van der Waals surface area contributed by atoms with Crippen molar-refractivity contribution in [1.82, 2.24) is 0 Å². The van der Waals surface area contributed by atoms with Gasteiger partial charge in [-0.25, -0.2) is 4.99 Å². The summed E-state index contributed by atoms with van der Waals surface area (Å²) in [6, 6.07) is 0. The monoisotopic (exact) mass is 318 g/mol. The first-order chi connectivity index (χ1) is 6.75. The number of alkyl halides is 1. The Morgan fingerprint density at radius 1 is 1.71 bits per heavy atom. The highest BCUT2D eigenvalue weighted by Gasteiger charge is 2.74. The highest BCUT2D eigenvalue weighted by Crippen LogP contribution is 2.67. The molecule has 0 saturated heterocycles. The SMILES string of the molecule is CC(CI)C12CC13SC=CC3=NC=N2. The molecule has 3 rings (SSSR count). The van der Waals surface area contributed by atoms with Gasteiger partial charge in [-0.3, -0.25) is 4.99 Å². The molecule has 3 atom stereocenters. The van der Waals surface area contributed by atoms with E-state index in [2.05, 4.69) is 51.0 Å². The van der Waals surface area contributed by atoms with Crippen LogP contribution in [-0.2, 0) is 0 Å². The van der Waals surface area contributed by atoms with Crippen LogP contribution in [0.3, 0.4) is 0 Å². The highest BCUT2D eigenvalue weighted by atomic mass is 127. The maximum atomic E-state index is 4.66. The Bertz CT molecular complexity index is 376. The van der Waals surface area contributed by atoms with E-state index in [1.54, 1.807) is 6.34 Å². The van der Waals surface area contributed by atoms with Gasteiger partial charge in [0.25, 0.3) is 0 Å². The van der Waals surface area contributed by atoms with Crippen LogP contribution in [0, 0.1) is 5.92 Å². The molecule has 3 unspecified atom stereocenters. The minimum Gasteiger partial charge on any atom is -0.265 e. The first-order valence-corrected chi connectivity index (χ1v) is 7.18. The molecule has 4 heteroatoms. The Hall–Kier alpha value is 0.160. The van der Waals surface area contributed by atoms with Crippen molar-refractivity contribution >= 4 is 46.4 Å². The molecule has 0 amide bonds. The maximum absolute atomic E-state index is 4.66. The van der Waals surface area contributed by atoms with Crippen LogP contribution in [0.25, 0.3) is 0 Å². The second-order valence-corrected chi connectivity index (χ2v) is 6.25. The lowest BCUT2D eigenvalue weighted by Gasteiger charge is -2.25. The highest BCUT2D eigenvalue weighted by molar-refractivity contribution is 14.1. The Morgan fingerprint density at radius 3 is 3.36 bits per heavy atom. The summed E-state index contributed by atoms with van der Waals surface area (Å²) in [5.74, 6) is 0.650. The fraction of sp³-hybridized carbons (Fsp3) is 0.600. The Kier molecular flexibility index (Phi) is 1.91. The van der Waals surface area contributed by atoms with Gasteiger partial charge in [0.15, 0.2) is 0 Å². The van der Waals surface area contributed by atoms with E-state index >= 15 is 0 Å². The third kappa shape index (κ3) is 0.894. The van der Waals surface area contributed by atoms with Gasteiger partial charge in [-0.1, -0.05) is 29.5 Å². The number of hydrogen-bond acceptors (Lipinski definition) is 3. The van der Waals surface area contributed by atoms with Gasteiger partial charge in [0.2, 0.25) is 0 Å². The minimum absolute atomic E-state index is 0.166. The van der Waals surface area contributed by atoms with Crippen molar-refractivity contribution in [2.75, 3.05) is 4.43 Å². The molecule has 0 radical (unpaired) electrons. The molecule has 2 heterocycles. The summed E-state index contributed by atoms with van der Waals surface area (Å²) < 4.78 is 1.40. The third-order valence-electron chi connectivity index (χ3n) is 3.53. The Labute approximate surface area is 101 Å². The van der Waals surface area contributed by atoms with Crippen LogP contribution < -0.4 is 0 Å². The first-order valence-electron chi connectivity index (χ1n) is 4.77. The molecule has 1 fully saturated rings. The molecule has 0 N–H and O–H groups in total. The summed E-state index contributed by atoms with van der Waals surface area (Å²) in [6.07, 6.45) is 5.09. The van der Waals surface area contributed by atoms with E-state index in [9.17, 15) is 0 Å². The number of halogens is 1. The molecule has 1 spiro atoms. The molecule has 74 valence electrons. The van der Waals surface area contributed by atoms with Crippen molar-refractivity contribution in [3.8, 4) is 0 Å². The molecule has 2 nitrogen and oxygen atoms in total. The van der Waals surface area contributed by atoms with Gasteiger partial charge in [-0.05, 0) is 23.8 Å². The number of allylic oxidation sites excluding steroid dienone is 1. The van der Waals surface area contributed by atoms with Gasteiger partial charge < -0.3 is 0 Å². The average Bonchev–Trinajstić information content (AvgIpc) is 2.72. The lowest BCUT2D eigenvalue weighted by molar-refractivity contribution is 0.487. The molecule has 3 aliphatic rings. The predicted octanol–water partition coefficient (Wildman–Crippen LogP) is 2.68. The summed E-state index contributed by atoms with van der Waals surface area (Å²) in [6.45, 7) is 2.31. The van der Waals surface area contributed by atoms with Crippen molar-refractivity contribution in [3.05, 3.63) is 11.5 Å². The fourth-order valence-corrected chi connectivity index (χ4v) is 4.68. The standard InChI is InChI=1S/C10H11IN2S/c1-7(4-11)9-5-10(9)8(2-3-14-10)12-6-13-9/h2-3,6-7H,4-5H2,1H3. The van der Waals surface area contributed by atoms with Gasteiger partial charge in [-0.15, -0.1) is 11.8 Å². The summed E-state index contributed by atoms with van der Waals surface area (Å²) in [7, 11) is 0. The van der Waals surface area contributed by atoms with Crippen molar-refractivity contribution in [3.63, 3.8) is 0 Å². The normalized spacial score (nSPS) is 44.3. The number of nitrogens with zero attached hydrogens (tertiary/aromatic N) is 2. The molecule has 0 aromatic carbocycles. The molecule has 1 saturated carbocycles. The Morgan fingerprint density at radius 2 is 2.57 bits per heavy atom. The van der Waals surface area contributed by atoms with Crippen molar-refractivity contribution in [1.29, 1.82) is 0 Å². The third-order valence-corrected chi connectivity index (χ3v) is 6.24. The van der Waals surface area contributed by atoms with Crippen molar-refractivity contribution in [2.45, 2.75) is 23.6 Å². The van der Waals surface area contributed by atoms with Crippen LogP contribution >= 0.6 is 34.4 Å². The van der Waals surface area contributed by atoms with E-state index in [0.29, 0.717) is 5.92 Å². The molecule has 0 aromatic heterocycles. The van der Waals surface area contributed by atoms with Crippen LogP contribution in [0.15, 0.2) is 21.5 Å². The number of rotatable bonds is 2. The largest absolute Gasteiger partial charge is 0.265 e. The molecule has 0 aromatic rings. The molecular weight excluding hydrogens is 307 g/mol. The van der Waals surface area contributed by atoms with E-state index in [-0.39, 0.29) is 10.3 Å². The van der Waals surface area contributed by atoms with Gasteiger partial charge in [0.05, 0.1) is 16.0 Å². The van der Waals surface area contributed by atoms with Crippen LogP contribution in [0.4, 0.5) is 0 Å². The van der Waals surface area contributed by atoms with Crippen molar-refractivity contribution < 1.29 is 0 Å². The van der Waals surface area contributed by atoms with E-state index in [1.807, 2.05) is 11.8 Å². The number of thioether (sulfide) groups is 1. The Balaban J connectivity index is 2.02. The summed E-state index contributed by atoms with van der Waals surface area (Å²) in [5, 5.41) is 2.18. The van der Waals surface area contributed by atoms with E-state index in [1.165, 1.54) is 16.6 Å². The second kappa shape index (κ2) is 2.84. The molecule has 0 bridgehead atoms. The van der Waals surface area contributed by atoms with Gasteiger partial charge in [0, 0.05) is 4.43 Å². The lowest BCUT2D eigenvalue weighted by atomic mass is 9.97. The predicted molar refractivity (Wildman–Crippen MR) is 70.8 cm³/mol. The smallest absolute Gasteiger partial charge is 0.111 e. The van der Waals surface area contributed by atoms with E-state index in [4.69, 9.17) is 0 Å². The van der Waals surface area contributed by atoms with Crippen molar-refractivity contribution in [2.24, 2.45) is 15.9 Å². The molecule has 1 aliphatic carbocycles. The summed E-state index contributed by atoms with van der Waals surface area (Å²) in [4.78, 5) is 9.04. The molecule has 14 heavy (non-hydrogen) atoms. The summed E-state index contributed by atoms with van der Waals surface area (Å²) in [5.41, 5.74) is 1.41. The number of hydrogen-bond donors (Lipinski definition) is 0. The number of aliphatic imine (C=N–C) groups is 2. The van der Waals surface area contributed by atoms with Gasteiger partial charge in [0.1, 0.15) is 6.34 Å². The van der Waals surface area contributed by atoms with Crippen LogP contribution in [-0.4, -0.2) is 26.8 Å². The fourth-order valence-electron chi connectivity index (χ4n) is 2.52. The zero-order chi connectivity index (χ0) is 9.81. The zero-order valence-corrected chi connectivity index (χ0v) is 10.9. The minimum atomic E-state index is 0.166. The average molecular weight is 318 g/mol. The first kappa shape index (κ1) is 9.39. The lowest BCUT2D eigenvalue weighted by Crippen LogP contribution is -2.35. The summed E-state index contributed by atoms with van der Waals surface area (Å²) >= 11 is 4.38. The zero-order valence-electron chi connectivity index (χ0n) is 7.90. The molecule has 2 aliphatic heterocycles. The van der Waals surface area contributed by atoms with Gasteiger partial charge >= 0.3 is 0 Å². The maximum Gasteiger partial charge on any atom is 0.111 e. The second-order valence-electron chi connectivity index (χ2n) is 4.16. The topological polar surface area (TPSA) is 24.7 Å². The van der Waals surface area contributed by atoms with Gasteiger partial charge in [-0.2, -0.15) is 0 Å². The van der Waals surface area contributed by atoms with E-state index in [0.717, 1.165) is 0 Å². The van der Waals surface area contributed by atoms with Crippen LogP contribution in [0.1, 0.15) is 13.3 Å². The van der Waals surface area contributed by atoms with E-state index < -0.39 is 0 Å².